The Labute approximate surface area is 130 Å². The first-order chi connectivity index (χ1) is 9.63. The lowest BCUT2D eigenvalue weighted by atomic mass is 9.96. The molecule has 112 valence electrons. The normalized spacial score (nSPS) is 24.6. The average Bonchev–Trinajstić information content (AvgIpc) is 2.44. The molecule has 0 aliphatic carbocycles. The summed E-state index contributed by atoms with van der Waals surface area (Å²) in [6.45, 7) is 7.54. The summed E-state index contributed by atoms with van der Waals surface area (Å²) in [6.07, 6.45) is 1.10. The van der Waals surface area contributed by atoms with Gasteiger partial charge in [0, 0.05) is 28.0 Å². The maximum atomic E-state index is 13.7. The molecule has 0 saturated carbocycles. The molecule has 1 aliphatic rings. The second-order valence-electron chi connectivity index (χ2n) is 5.34. The van der Waals surface area contributed by atoms with Crippen LogP contribution in [-0.2, 0) is 0 Å². The van der Waals surface area contributed by atoms with E-state index in [9.17, 15) is 4.39 Å². The number of nitrogens with one attached hydrogen (secondary N) is 1. The summed E-state index contributed by atoms with van der Waals surface area (Å²) >= 11 is 4.07. The molecule has 1 saturated heterocycles. The van der Waals surface area contributed by atoms with Crippen LogP contribution in [-0.4, -0.2) is 28.6 Å². The van der Waals surface area contributed by atoms with Crippen LogP contribution in [0.2, 0.25) is 0 Å². The van der Waals surface area contributed by atoms with Gasteiger partial charge in [-0.1, -0.05) is 19.9 Å². The van der Waals surface area contributed by atoms with Crippen LogP contribution in [0.5, 0.6) is 0 Å². The molecule has 0 spiro atoms. The first-order valence-corrected chi connectivity index (χ1v) is 9.46. The Morgan fingerprint density at radius 1 is 1.35 bits per heavy atom. The summed E-state index contributed by atoms with van der Waals surface area (Å²) in [6, 6.07) is 5.42. The Morgan fingerprint density at radius 2 is 2.10 bits per heavy atom. The van der Waals surface area contributed by atoms with E-state index in [1.165, 1.54) is 17.1 Å². The fraction of sp³-hybridized carbons (Fsp3) is 0.625. The molecule has 1 aliphatic heterocycles. The molecule has 1 heterocycles. The largest absolute Gasteiger partial charge is 0.309 e. The zero-order chi connectivity index (χ0) is 14.5. The van der Waals surface area contributed by atoms with Gasteiger partial charge in [-0.3, -0.25) is 0 Å². The molecule has 1 aromatic carbocycles. The van der Waals surface area contributed by atoms with E-state index in [0.29, 0.717) is 10.5 Å². The van der Waals surface area contributed by atoms with Crippen LogP contribution < -0.4 is 5.32 Å². The van der Waals surface area contributed by atoms with Crippen molar-refractivity contribution in [2.75, 3.05) is 18.1 Å². The van der Waals surface area contributed by atoms with Crippen molar-refractivity contribution in [3.05, 3.63) is 35.1 Å². The summed E-state index contributed by atoms with van der Waals surface area (Å²) in [5.74, 6) is 2.29. The van der Waals surface area contributed by atoms with Crippen molar-refractivity contribution in [1.82, 2.24) is 5.32 Å². The minimum atomic E-state index is -0.130. The maximum Gasteiger partial charge on any atom is 0.123 e. The molecular weight excluding hydrogens is 289 g/mol. The van der Waals surface area contributed by atoms with Crippen LogP contribution >= 0.6 is 23.5 Å². The lowest BCUT2D eigenvalue weighted by molar-refractivity contribution is 0.503. The van der Waals surface area contributed by atoms with Crippen LogP contribution in [0, 0.1) is 12.7 Å². The number of hydrogen-bond donors (Lipinski definition) is 1. The predicted octanol–water partition coefficient (Wildman–Crippen LogP) is 4.41. The Bertz CT molecular complexity index is 438. The van der Waals surface area contributed by atoms with E-state index in [4.69, 9.17) is 0 Å². The van der Waals surface area contributed by atoms with Crippen LogP contribution in [0.1, 0.15) is 37.4 Å². The van der Waals surface area contributed by atoms with E-state index in [0.717, 1.165) is 18.5 Å². The maximum absolute atomic E-state index is 13.7. The zero-order valence-electron chi connectivity index (χ0n) is 12.5. The van der Waals surface area contributed by atoms with Crippen molar-refractivity contribution in [2.24, 2.45) is 0 Å². The van der Waals surface area contributed by atoms with Crippen molar-refractivity contribution in [3.63, 3.8) is 0 Å². The van der Waals surface area contributed by atoms with Gasteiger partial charge in [-0.05, 0) is 43.1 Å². The standard InChI is InChI=1S/C16H24FNS2/c1-4-7-18-15(16-12(3)19-8-9-20-16)14-10-13(17)6-5-11(14)2/h5-6,10,12,15-16,18H,4,7-9H2,1-3H3. The van der Waals surface area contributed by atoms with Gasteiger partial charge < -0.3 is 5.32 Å². The molecule has 0 aromatic heterocycles. The molecule has 0 bridgehead atoms. The van der Waals surface area contributed by atoms with Gasteiger partial charge in [0.1, 0.15) is 5.82 Å². The molecule has 1 N–H and O–H groups in total. The molecule has 0 amide bonds. The first kappa shape index (κ1) is 16.2. The Hall–Kier alpha value is -0.190. The summed E-state index contributed by atoms with van der Waals surface area (Å²) in [5.41, 5.74) is 2.31. The Balaban J connectivity index is 2.28. The number of hydrogen-bond acceptors (Lipinski definition) is 3. The highest BCUT2D eigenvalue weighted by Crippen LogP contribution is 2.39. The van der Waals surface area contributed by atoms with E-state index in [-0.39, 0.29) is 11.9 Å². The van der Waals surface area contributed by atoms with Crippen LogP contribution in [0.25, 0.3) is 0 Å². The second kappa shape index (κ2) is 7.71. The Kier molecular flexibility index (Phi) is 6.24. The second-order valence-corrected chi connectivity index (χ2v) is 8.12. The highest BCUT2D eigenvalue weighted by molar-refractivity contribution is 8.07. The van der Waals surface area contributed by atoms with Gasteiger partial charge in [-0.25, -0.2) is 4.39 Å². The first-order valence-electron chi connectivity index (χ1n) is 7.36. The van der Waals surface area contributed by atoms with E-state index in [1.54, 1.807) is 12.1 Å². The molecule has 2 rings (SSSR count). The lowest BCUT2D eigenvalue weighted by Crippen LogP contribution is -2.38. The van der Waals surface area contributed by atoms with Gasteiger partial charge in [0.05, 0.1) is 0 Å². The monoisotopic (exact) mass is 313 g/mol. The van der Waals surface area contributed by atoms with Gasteiger partial charge >= 0.3 is 0 Å². The molecular formula is C16H24FNS2. The fourth-order valence-electron chi connectivity index (χ4n) is 2.67. The van der Waals surface area contributed by atoms with Crippen molar-refractivity contribution in [1.29, 1.82) is 0 Å². The van der Waals surface area contributed by atoms with Gasteiger partial charge in [0.15, 0.2) is 0 Å². The molecule has 1 fully saturated rings. The Morgan fingerprint density at radius 3 is 2.80 bits per heavy atom. The average molecular weight is 314 g/mol. The third-order valence-electron chi connectivity index (χ3n) is 3.76. The number of thioether (sulfide) groups is 2. The van der Waals surface area contributed by atoms with Crippen LogP contribution in [0.15, 0.2) is 18.2 Å². The van der Waals surface area contributed by atoms with Crippen LogP contribution in [0.3, 0.4) is 0 Å². The summed E-state index contributed by atoms with van der Waals surface area (Å²) in [4.78, 5) is 0. The van der Waals surface area contributed by atoms with E-state index < -0.39 is 0 Å². The quantitative estimate of drug-likeness (QED) is 0.864. The van der Waals surface area contributed by atoms with Crippen LogP contribution in [0.4, 0.5) is 4.39 Å². The topological polar surface area (TPSA) is 12.0 Å². The lowest BCUT2D eigenvalue weighted by Gasteiger charge is -2.36. The van der Waals surface area contributed by atoms with E-state index in [1.807, 2.05) is 29.6 Å². The highest BCUT2D eigenvalue weighted by Gasteiger charge is 2.31. The molecule has 4 heteroatoms. The van der Waals surface area contributed by atoms with Gasteiger partial charge in [0.25, 0.3) is 0 Å². The van der Waals surface area contributed by atoms with Crippen molar-refractivity contribution < 1.29 is 4.39 Å². The van der Waals surface area contributed by atoms with Crippen molar-refractivity contribution in [3.8, 4) is 0 Å². The number of halogens is 1. The molecule has 3 atom stereocenters. The van der Waals surface area contributed by atoms with Gasteiger partial charge in [0.2, 0.25) is 0 Å². The molecule has 3 unspecified atom stereocenters. The number of benzene rings is 1. The third-order valence-corrected chi connectivity index (χ3v) is 6.95. The summed E-state index contributed by atoms with van der Waals surface area (Å²) < 4.78 is 13.7. The fourth-order valence-corrected chi connectivity index (χ4v) is 5.60. The van der Waals surface area contributed by atoms with E-state index >= 15 is 0 Å². The smallest absolute Gasteiger partial charge is 0.123 e. The van der Waals surface area contributed by atoms with E-state index in [2.05, 4.69) is 26.1 Å². The SMILES string of the molecule is CCCNC(c1cc(F)ccc1C)C1SCCSC1C. The minimum absolute atomic E-state index is 0.130. The summed E-state index contributed by atoms with van der Waals surface area (Å²) in [7, 11) is 0. The summed E-state index contributed by atoms with van der Waals surface area (Å²) in [5, 5.41) is 4.77. The zero-order valence-corrected chi connectivity index (χ0v) is 14.1. The number of rotatable bonds is 5. The number of aryl methyl sites for hydroxylation is 1. The van der Waals surface area contributed by atoms with Gasteiger partial charge in [-0.2, -0.15) is 23.5 Å². The minimum Gasteiger partial charge on any atom is -0.309 e. The molecule has 0 radical (unpaired) electrons. The van der Waals surface area contributed by atoms with Gasteiger partial charge in [-0.15, -0.1) is 0 Å². The molecule has 20 heavy (non-hydrogen) atoms. The predicted molar refractivity (Wildman–Crippen MR) is 90.3 cm³/mol. The molecule has 1 aromatic rings. The van der Waals surface area contributed by atoms with Crippen molar-refractivity contribution in [2.45, 2.75) is 43.7 Å². The third kappa shape index (κ3) is 3.92. The highest BCUT2D eigenvalue weighted by atomic mass is 32.2. The van der Waals surface area contributed by atoms with Crippen molar-refractivity contribution >= 4 is 23.5 Å². The molecule has 1 nitrogen and oxygen atoms in total.